The highest BCUT2D eigenvalue weighted by atomic mass is 19.1. The van der Waals surface area contributed by atoms with Crippen molar-refractivity contribution in [3.63, 3.8) is 0 Å². The Labute approximate surface area is 171 Å². The zero-order chi connectivity index (χ0) is 21.8. The first-order chi connectivity index (χ1) is 14.3. The molecule has 157 valence electrons. The van der Waals surface area contributed by atoms with Gasteiger partial charge >= 0.3 is 6.03 Å². The number of carbonyl (C=O) groups is 3. The van der Waals surface area contributed by atoms with E-state index in [1.165, 1.54) is 40.8 Å². The first kappa shape index (κ1) is 21.0. The van der Waals surface area contributed by atoms with Crippen LogP contribution in [0.5, 0.6) is 0 Å². The first-order valence-electron chi connectivity index (χ1n) is 9.19. The molecule has 1 fully saturated rings. The van der Waals surface area contributed by atoms with Gasteiger partial charge in [0, 0.05) is 44.3 Å². The molecule has 3 rings (SSSR count). The average Bonchev–Trinajstić information content (AvgIpc) is 3.18. The number of benzene rings is 1. The molecule has 9 nitrogen and oxygen atoms in total. The Hall–Kier alpha value is -3.69. The molecule has 0 bridgehead atoms. The van der Waals surface area contributed by atoms with Crippen molar-refractivity contribution in [1.29, 1.82) is 0 Å². The highest BCUT2D eigenvalue weighted by Crippen LogP contribution is 2.22. The molecule has 0 saturated carbocycles. The van der Waals surface area contributed by atoms with E-state index in [9.17, 15) is 23.6 Å². The van der Waals surface area contributed by atoms with Crippen LogP contribution >= 0.6 is 0 Å². The summed E-state index contributed by atoms with van der Waals surface area (Å²) in [6.07, 6.45) is 3.20. The van der Waals surface area contributed by atoms with E-state index in [2.05, 4.69) is 10.6 Å². The van der Waals surface area contributed by atoms with Gasteiger partial charge in [0.2, 0.25) is 11.8 Å². The maximum Gasteiger partial charge on any atom is 0.314 e. The van der Waals surface area contributed by atoms with E-state index >= 15 is 0 Å². The molecule has 2 atom stereocenters. The third-order valence-corrected chi connectivity index (χ3v) is 4.75. The van der Waals surface area contributed by atoms with Crippen molar-refractivity contribution in [3.05, 3.63) is 65.2 Å². The van der Waals surface area contributed by atoms with E-state index < -0.39 is 35.6 Å². The average molecular weight is 414 g/mol. The molecule has 30 heavy (non-hydrogen) atoms. The normalized spacial score (nSPS) is 16.7. The van der Waals surface area contributed by atoms with Gasteiger partial charge in [-0.25, -0.2) is 9.18 Å². The van der Waals surface area contributed by atoms with Crippen LogP contribution in [0.2, 0.25) is 0 Å². The number of pyridine rings is 1. The maximum atomic E-state index is 14.6. The lowest BCUT2D eigenvalue weighted by Gasteiger charge is -2.23. The van der Waals surface area contributed by atoms with Gasteiger partial charge < -0.3 is 21.3 Å². The van der Waals surface area contributed by atoms with Gasteiger partial charge in [-0.05, 0) is 24.6 Å². The van der Waals surface area contributed by atoms with Crippen molar-refractivity contribution in [2.24, 2.45) is 11.7 Å². The molecule has 10 heteroatoms. The minimum absolute atomic E-state index is 0.104. The standard InChI is InChI=1S/C20H21FN5O4/c1-12(27)23-18(13-7-9-25(11-13)20(22)30)19(29)24-16-6-5-14(10-15(16)21)26-8-3-2-4-17(26)28/h2-8,10,13,18H,9,11H2,1H3,(H2,22,30)(H,23,27)(H,24,29)/t13-,18?/m0/s1. The van der Waals surface area contributed by atoms with E-state index in [0.717, 1.165) is 6.07 Å². The first-order valence-corrected chi connectivity index (χ1v) is 9.19. The van der Waals surface area contributed by atoms with E-state index in [4.69, 9.17) is 5.73 Å². The Balaban J connectivity index is 1.78. The molecule has 1 aromatic heterocycles. The Kier molecular flexibility index (Phi) is 6.14. The summed E-state index contributed by atoms with van der Waals surface area (Å²) in [4.78, 5) is 48.9. The molecule has 2 aromatic rings. The number of likely N-dealkylation sites (tertiary alicyclic amines) is 1. The van der Waals surface area contributed by atoms with Gasteiger partial charge in [0.25, 0.3) is 5.56 Å². The highest BCUT2D eigenvalue weighted by molar-refractivity contribution is 5.97. The Morgan fingerprint density at radius 2 is 2.00 bits per heavy atom. The lowest BCUT2D eigenvalue weighted by atomic mass is 9.97. The lowest BCUT2D eigenvalue weighted by Crippen LogP contribution is -2.49. The molecule has 1 radical (unpaired) electrons. The topological polar surface area (TPSA) is 127 Å². The lowest BCUT2D eigenvalue weighted by molar-refractivity contribution is -0.126. The number of nitrogens with two attached hydrogens (primary N) is 1. The molecule has 0 spiro atoms. The fourth-order valence-electron chi connectivity index (χ4n) is 3.28. The van der Waals surface area contributed by atoms with Crippen LogP contribution in [0.4, 0.5) is 14.9 Å². The SMILES string of the molecule is CC(=O)NC(C(=O)Nc1ccc(-n2ccccc2=O)cc1F)[C@H]1[CH]CN(C(N)=O)C1. The molecule has 1 unspecified atom stereocenters. The third-order valence-electron chi connectivity index (χ3n) is 4.75. The summed E-state index contributed by atoms with van der Waals surface area (Å²) < 4.78 is 15.9. The van der Waals surface area contributed by atoms with Crippen LogP contribution in [-0.4, -0.2) is 46.4 Å². The fraction of sp³-hybridized carbons (Fsp3) is 0.250. The number of aromatic nitrogens is 1. The van der Waals surface area contributed by atoms with Crippen molar-refractivity contribution in [3.8, 4) is 5.69 Å². The second-order valence-electron chi connectivity index (χ2n) is 6.88. The zero-order valence-corrected chi connectivity index (χ0v) is 16.2. The molecule has 1 saturated heterocycles. The van der Waals surface area contributed by atoms with Gasteiger partial charge in [-0.1, -0.05) is 6.07 Å². The number of nitrogens with zero attached hydrogens (tertiary/aromatic N) is 2. The van der Waals surface area contributed by atoms with Gasteiger partial charge in [0.1, 0.15) is 11.9 Å². The number of hydrogen-bond donors (Lipinski definition) is 3. The van der Waals surface area contributed by atoms with E-state index in [1.807, 2.05) is 0 Å². The largest absolute Gasteiger partial charge is 0.351 e. The number of halogens is 1. The van der Waals surface area contributed by atoms with Crippen molar-refractivity contribution in [1.82, 2.24) is 14.8 Å². The summed E-state index contributed by atoms with van der Waals surface area (Å²) in [5.74, 6) is -2.30. The van der Waals surface area contributed by atoms with Crippen LogP contribution in [-0.2, 0) is 9.59 Å². The molecule has 1 aliphatic rings. The molecule has 4 N–H and O–H groups in total. The summed E-state index contributed by atoms with van der Waals surface area (Å²) in [6.45, 7) is 1.67. The summed E-state index contributed by atoms with van der Waals surface area (Å²) in [7, 11) is 0. The van der Waals surface area contributed by atoms with Crippen molar-refractivity contribution >= 4 is 23.5 Å². The van der Waals surface area contributed by atoms with Crippen molar-refractivity contribution < 1.29 is 18.8 Å². The molecule has 1 aliphatic heterocycles. The number of rotatable bonds is 5. The summed E-state index contributed by atoms with van der Waals surface area (Å²) in [5, 5.41) is 5.00. The van der Waals surface area contributed by atoms with Crippen LogP contribution in [0, 0.1) is 18.2 Å². The van der Waals surface area contributed by atoms with Gasteiger partial charge in [0.05, 0.1) is 11.4 Å². The number of urea groups is 1. The van der Waals surface area contributed by atoms with Gasteiger partial charge in [0.15, 0.2) is 0 Å². The maximum absolute atomic E-state index is 14.6. The number of nitrogens with one attached hydrogen (secondary N) is 2. The minimum atomic E-state index is -1.01. The molecule has 2 heterocycles. The molecule has 4 amide bonds. The van der Waals surface area contributed by atoms with Crippen molar-refractivity contribution in [2.75, 3.05) is 18.4 Å². The summed E-state index contributed by atoms with van der Waals surface area (Å²) >= 11 is 0. The third kappa shape index (κ3) is 4.65. The predicted octanol–water partition coefficient (Wildman–Crippen LogP) is 0.635. The summed E-state index contributed by atoms with van der Waals surface area (Å²) in [5.41, 5.74) is 5.13. The molecular formula is C20H21FN5O4. The Bertz CT molecular complexity index is 1040. The van der Waals surface area contributed by atoms with Gasteiger partial charge in [-0.2, -0.15) is 0 Å². The number of anilines is 1. The van der Waals surface area contributed by atoms with E-state index in [-0.39, 0.29) is 24.3 Å². The number of carbonyl (C=O) groups excluding carboxylic acids is 3. The van der Waals surface area contributed by atoms with Crippen LogP contribution in [0.25, 0.3) is 5.69 Å². The van der Waals surface area contributed by atoms with E-state index in [0.29, 0.717) is 5.69 Å². The molecule has 0 aliphatic carbocycles. The number of primary amides is 1. The Morgan fingerprint density at radius 3 is 2.60 bits per heavy atom. The van der Waals surface area contributed by atoms with Crippen LogP contribution in [0.1, 0.15) is 6.92 Å². The van der Waals surface area contributed by atoms with Gasteiger partial charge in [-0.3, -0.25) is 19.0 Å². The smallest absolute Gasteiger partial charge is 0.314 e. The quantitative estimate of drug-likeness (QED) is 0.663. The fourth-order valence-corrected chi connectivity index (χ4v) is 3.28. The number of amides is 4. The zero-order valence-electron chi connectivity index (χ0n) is 16.2. The number of hydrogen-bond acceptors (Lipinski definition) is 4. The van der Waals surface area contributed by atoms with E-state index in [1.54, 1.807) is 18.6 Å². The van der Waals surface area contributed by atoms with Crippen LogP contribution in [0.15, 0.2) is 47.4 Å². The van der Waals surface area contributed by atoms with Crippen molar-refractivity contribution in [2.45, 2.75) is 13.0 Å². The monoisotopic (exact) mass is 414 g/mol. The van der Waals surface area contributed by atoms with Crippen LogP contribution < -0.4 is 21.9 Å². The van der Waals surface area contributed by atoms with Gasteiger partial charge in [-0.15, -0.1) is 0 Å². The minimum Gasteiger partial charge on any atom is -0.351 e. The summed E-state index contributed by atoms with van der Waals surface area (Å²) in [6, 6.07) is 6.87. The predicted molar refractivity (Wildman–Crippen MR) is 107 cm³/mol. The van der Waals surface area contributed by atoms with Crippen LogP contribution in [0.3, 0.4) is 0 Å². The molecule has 1 aromatic carbocycles. The molecular weight excluding hydrogens is 393 g/mol. The highest BCUT2D eigenvalue weighted by Gasteiger charge is 2.36. The second-order valence-corrected chi connectivity index (χ2v) is 6.88. The second kappa shape index (κ2) is 8.76. The Morgan fingerprint density at radius 1 is 1.23 bits per heavy atom.